The topological polar surface area (TPSA) is 49.3 Å². The van der Waals surface area contributed by atoms with Gasteiger partial charge >= 0.3 is 0 Å². The molecule has 0 aliphatic rings. The van der Waals surface area contributed by atoms with Gasteiger partial charge in [0, 0.05) is 12.1 Å². The first-order chi connectivity index (χ1) is 13.5. The number of hydrogen-bond donors (Lipinski definition) is 0. The zero-order valence-corrected chi connectivity index (χ0v) is 18.4. The van der Waals surface area contributed by atoms with E-state index in [0.717, 1.165) is 27.9 Å². The van der Waals surface area contributed by atoms with Gasteiger partial charge in [0.2, 0.25) is 0 Å². The maximum atomic E-state index is 13.6. The van der Waals surface area contributed by atoms with Crippen molar-refractivity contribution in [1.29, 1.82) is 0 Å². The van der Waals surface area contributed by atoms with Crippen LogP contribution in [0.25, 0.3) is 20.4 Å². The first-order valence-electron chi connectivity index (χ1n) is 8.87. The number of anilines is 1. The number of amides is 1. The van der Waals surface area contributed by atoms with Crippen LogP contribution in [0.15, 0.2) is 41.9 Å². The van der Waals surface area contributed by atoms with Crippen molar-refractivity contribution in [2.45, 2.75) is 6.42 Å². The second-order valence-electron chi connectivity index (χ2n) is 6.76. The molecule has 0 saturated heterocycles. The molecule has 0 fully saturated rings. The fraction of sp³-hybridized carbons (Fsp3) is 0.250. The molecule has 152 valence electrons. The van der Waals surface area contributed by atoms with Gasteiger partial charge in [0.15, 0.2) is 5.13 Å². The number of benzene rings is 2. The van der Waals surface area contributed by atoms with Crippen LogP contribution in [0.5, 0.6) is 0 Å². The van der Waals surface area contributed by atoms with E-state index in [-0.39, 0.29) is 24.1 Å². The molecule has 0 atom stereocenters. The number of nitrogens with zero attached hydrogens (tertiary/aromatic N) is 4. The largest absolute Gasteiger partial charge is 0.309 e. The van der Waals surface area contributed by atoms with E-state index >= 15 is 0 Å². The van der Waals surface area contributed by atoms with Gasteiger partial charge in [-0.3, -0.25) is 9.69 Å². The highest BCUT2D eigenvalue weighted by Gasteiger charge is 2.22. The van der Waals surface area contributed by atoms with E-state index in [9.17, 15) is 9.18 Å². The summed E-state index contributed by atoms with van der Waals surface area (Å²) in [4.78, 5) is 26.0. The normalized spacial score (nSPS) is 11.2. The minimum absolute atomic E-state index is 0. The fourth-order valence-electron chi connectivity index (χ4n) is 2.97. The van der Waals surface area contributed by atoms with Gasteiger partial charge in [-0.05, 0) is 63.5 Å². The van der Waals surface area contributed by atoms with E-state index in [4.69, 9.17) is 0 Å². The SMILES string of the molecule is CN(C)CCCN(C(=O)c1ccc2ncsc2c1)c1nc2ccc(F)cc2s1.Cl. The van der Waals surface area contributed by atoms with Gasteiger partial charge in [-0.1, -0.05) is 11.3 Å². The number of aromatic nitrogens is 2. The molecule has 0 bridgehead atoms. The summed E-state index contributed by atoms with van der Waals surface area (Å²) in [7, 11) is 4.01. The molecule has 4 rings (SSSR count). The maximum Gasteiger partial charge on any atom is 0.260 e. The number of carbonyl (C=O) groups is 1. The van der Waals surface area contributed by atoms with E-state index < -0.39 is 0 Å². The van der Waals surface area contributed by atoms with Crippen molar-refractivity contribution in [3.8, 4) is 0 Å². The Morgan fingerprint density at radius 2 is 1.86 bits per heavy atom. The van der Waals surface area contributed by atoms with E-state index in [0.29, 0.717) is 22.8 Å². The number of hydrogen-bond acceptors (Lipinski definition) is 6. The molecule has 0 N–H and O–H groups in total. The number of carbonyl (C=O) groups excluding carboxylic acids is 1. The molecule has 0 saturated carbocycles. The summed E-state index contributed by atoms with van der Waals surface area (Å²) in [6, 6.07) is 10.0. The van der Waals surface area contributed by atoms with Gasteiger partial charge in [-0.2, -0.15) is 0 Å². The lowest BCUT2D eigenvalue weighted by Gasteiger charge is -2.21. The average molecular weight is 451 g/mol. The highest BCUT2D eigenvalue weighted by atomic mass is 35.5. The predicted molar refractivity (Wildman–Crippen MR) is 121 cm³/mol. The fourth-order valence-corrected chi connectivity index (χ4v) is 4.71. The summed E-state index contributed by atoms with van der Waals surface area (Å²) in [6.45, 7) is 1.40. The van der Waals surface area contributed by atoms with Crippen molar-refractivity contribution in [3.63, 3.8) is 0 Å². The summed E-state index contributed by atoms with van der Waals surface area (Å²) in [5.74, 6) is -0.405. The smallest absolute Gasteiger partial charge is 0.260 e. The zero-order valence-electron chi connectivity index (χ0n) is 16.0. The van der Waals surface area contributed by atoms with Crippen molar-refractivity contribution < 1.29 is 9.18 Å². The molecule has 1 amide bonds. The Balaban J connectivity index is 0.00000240. The lowest BCUT2D eigenvalue weighted by molar-refractivity contribution is 0.0986. The lowest BCUT2D eigenvalue weighted by atomic mass is 10.2. The molecular formula is C20H20ClFN4OS2. The number of thiazole rings is 2. The summed E-state index contributed by atoms with van der Waals surface area (Å²) >= 11 is 2.85. The lowest BCUT2D eigenvalue weighted by Crippen LogP contribution is -2.33. The summed E-state index contributed by atoms with van der Waals surface area (Å²) in [5, 5.41) is 0.591. The third kappa shape index (κ3) is 4.72. The van der Waals surface area contributed by atoms with Gasteiger partial charge in [0.05, 0.1) is 25.9 Å². The monoisotopic (exact) mass is 450 g/mol. The highest BCUT2D eigenvalue weighted by Crippen LogP contribution is 2.31. The number of rotatable bonds is 6. The summed E-state index contributed by atoms with van der Waals surface area (Å²) < 4.78 is 15.3. The molecule has 5 nitrogen and oxygen atoms in total. The van der Waals surface area contributed by atoms with Crippen LogP contribution in [-0.2, 0) is 0 Å². The minimum Gasteiger partial charge on any atom is -0.309 e. The second kappa shape index (κ2) is 9.13. The standard InChI is InChI=1S/C20H19FN4OS2.ClH/c1-24(2)8-3-9-25(20-23-16-7-5-14(21)11-18(16)28-20)19(26)13-4-6-15-17(10-13)27-12-22-15;/h4-7,10-12H,3,8-9H2,1-2H3;1H. The van der Waals surface area contributed by atoms with Crippen LogP contribution in [0.3, 0.4) is 0 Å². The van der Waals surface area contributed by atoms with Crippen LogP contribution < -0.4 is 4.90 Å². The third-order valence-corrected chi connectivity index (χ3v) is 6.21. The Bertz CT molecular complexity index is 1140. The molecule has 0 spiro atoms. The molecule has 9 heteroatoms. The molecule has 4 aromatic rings. The van der Waals surface area contributed by atoms with Crippen LogP contribution in [-0.4, -0.2) is 48.0 Å². The molecule has 0 radical (unpaired) electrons. The van der Waals surface area contributed by atoms with E-state index in [1.54, 1.807) is 22.5 Å². The number of fused-ring (bicyclic) bond motifs is 2. The molecule has 2 aromatic heterocycles. The molecule has 0 aliphatic heterocycles. The van der Waals surface area contributed by atoms with E-state index in [2.05, 4.69) is 14.9 Å². The molecule has 2 aromatic carbocycles. The van der Waals surface area contributed by atoms with Gasteiger partial charge in [0.25, 0.3) is 5.91 Å². The minimum atomic E-state index is -0.302. The maximum absolute atomic E-state index is 13.6. The molecule has 2 heterocycles. The molecule has 0 unspecified atom stereocenters. The van der Waals surface area contributed by atoms with Crippen LogP contribution in [0, 0.1) is 5.82 Å². The Morgan fingerprint density at radius 1 is 1.07 bits per heavy atom. The van der Waals surface area contributed by atoms with E-state index in [1.165, 1.54) is 34.8 Å². The van der Waals surface area contributed by atoms with Crippen molar-refractivity contribution in [2.24, 2.45) is 0 Å². The Hall–Kier alpha value is -2.13. The Labute approximate surface area is 182 Å². The average Bonchev–Trinajstić information content (AvgIpc) is 3.29. The van der Waals surface area contributed by atoms with Crippen molar-refractivity contribution in [2.75, 3.05) is 32.1 Å². The molecular weight excluding hydrogens is 431 g/mol. The van der Waals surface area contributed by atoms with Crippen molar-refractivity contribution in [3.05, 3.63) is 53.3 Å². The highest BCUT2D eigenvalue weighted by molar-refractivity contribution is 7.22. The first-order valence-corrected chi connectivity index (χ1v) is 10.6. The quantitative estimate of drug-likeness (QED) is 0.411. The summed E-state index contributed by atoms with van der Waals surface area (Å²) in [5.41, 5.74) is 3.96. The van der Waals surface area contributed by atoms with Crippen LogP contribution in [0.4, 0.5) is 9.52 Å². The second-order valence-corrected chi connectivity index (χ2v) is 8.65. The molecule has 0 aliphatic carbocycles. The van der Waals surface area contributed by atoms with Crippen molar-refractivity contribution >= 4 is 66.6 Å². The number of halogens is 2. The zero-order chi connectivity index (χ0) is 19.7. The van der Waals surface area contributed by atoms with Gasteiger partial charge in [-0.15, -0.1) is 23.7 Å². The van der Waals surface area contributed by atoms with E-state index in [1.807, 2.05) is 26.2 Å². The first kappa shape index (κ1) is 21.6. The van der Waals surface area contributed by atoms with Crippen LogP contribution >= 0.6 is 35.1 Å². The van der Waals surface area contributed by atoms with Crippen molar-refractivity contribution in [1.82, 2.24) is 14.9 Å². The van der Waals surface area contributed by atoms with Crippen LogP contribution in [0.2, 0.25) is 0 Å². The predicted octanol–water partition coefficient (Wildman–Crippen LogP) is 5.07. The molecule has 29 heavy (non-hydrogen) atoms. The van der Waals surface area contributed by atoms with Gasteiger partial charge < -0.3 is 4.90 Å². The van der Waals surface area contributed by atoms with Gasteiger partial charge in [-0.25, -0.2) is 14.4 Å². The Morgan fingerprint density at radius 3 is 2.66 bits per heavy atom. The van der Waals surface area contributed by atoms with Gasteiger partial charge in [0.1, 0.15) is 5.82 Å². The summed E-state index contributed by atoms with van der Waals surface area (Å²) in [6.07, 6.45) is 0.811. The van der Waals surface area contributed by atoms with Crippen LogP contribution in [0.1, 0.15) is 16.8 Å². The Kier molecular flexibility index (Phi) is 6.79. The third-order valence-electron chi connectivity index (χ3n) is 4.38.